The first-order valence-corrected chi connectivity index (χ1v) is 16.0. The molecule has 0 radical (unpaired) electrons. The molecule has 3 atom stereocenters. The Labute approximate surface area is 237 Å². The second kappa shape index (κ2) is 10.4. The number of hydrogen-bond donors (Lipinski definition) is 0. The van der Waals surface area contributed by atoms with Crippen LogP contribution in [0, 0.1) is 0 Å². The predicted molar refractivity (Wildman–Crippen MR) is 159 cm³/mol. The molecule has 4 aromatic rings. The fourth-order valence-electron chi connectivity index (χ4n) is 5.31. The van der Waals surface area contributed by atoms with Crippen molar-refractivity contribution in [1.29, 1.82) is 0 Å². The van der Waals surface area contributed by atoms with Gasteiger partial charge in [0.25, 0.3) is 8.32 Å². The van der Waals surface area contributed by atoms with E-state index < -0.39 is 8.32 Å². The van der Waals surface area contributed by atoms with Crippen LogP contribution < -0.4 is 10.4 Å². The number of pyridine rings is 1. The van der Waals surface area contributed by atoms with Crippen LogP contribution in [0.2, 0.25) is 15.2 Å². The summed E-state index contributed by atoms with van der Waals surface area (Å²) in [5, 5.41) is 3.54. The van der Waals surface area contributed by atoms with Crippen LogP contribution in [0.15, 0.2) is 79.0 Å². The normalized spacial score (nSPS) is 20.8. The zero-order chi connectivity index (χ0) is 25.5. The van der Waals surface area contributed by atoms with Crippen molar-refractivity contribution in [2.45, 2.75) is 48.4 Å². The molecule has 0 unspecified atom stereocenters. The molecule has 1 aliphatic rings. The van der Waals surface area contributed by atoms with E-state index in [9.17, 15) is 0 Å². The number of alkyl halides is 1. The highest BCUT2D eigenvalue weighted by atomic mass is 127. The summed E-state index contributed by atoms with van der Waals surface area (Å²) in [7, 11) is -2.63. The number of nitrogens with zero attached hydrogens (tertiary/aromatic N) is 2. The Morgan fingerprint density at radius 2 is 1.61 bits per heavy atom. The molecule has 4 nitrogen and oxygen atoms in total. The fourth-order valence-corrected chi connectivity index (χ4v) is 11.4. The topological polar surface area (TPSA) is 35.8 Å². The smallest absolute Gasteiger partial charge is 0.261 e. The largest absolute Gasteiger partial charge is 0.405 e. The van der Waals surface area contributed by atoms with Crippen LogP contribution >= 0.6 is 45.8 Å². The second-order valence-corrected chi connectivity index (χ2v) is 17.0. The number of hydrogen-bond acceptors (Lipinski definition) is 3. The van der Waals surface area contributed by atoms with Gasteiger partial charge in [0.1, 0.15) is 11.8 Å². The first-order chi connectivity index (χ1) is 17.2. The highest BCUT2D eigenvalue weighted by Crippen LogP contribution is 2.43. The Bertz CT molecular complexity index is 1300. The van der Waals surface area contributed by atoms with Crippen LogP contribution in [0.1, 0.15) is 39.0 Å². The minimum Gasteiger partial charge on any atom is -0.405 e. The summed E-state index contributed by atoms with van der Waals surface area (Å²) in [6, 6.07) is 25.1. The van der Waals surface area contributed by atoms with E-state index in [-0.39, 0.29) is 21.2 Å². The van der Waals surface area contributed by atoms with E-state index in [1.165, 1.54) is 10.4 Å². The van der Waals surface area contributed by atoms with E-state index in [1.807, 2.05) is 22.7 Å². The van der Waals surface area contributed by atoms with Gasteiger partial charge >= 0.3 is 0 Å². The molecule has 3 heterocycles. The molecule has 8 heteroatoms. The number of rotatable bonds is 6. The third-order valence-electron chi connectivity index (χ3n) is 6.90. The number of benzene rings is 2. The molecule has 0 aliphatic carbocycles. The Morgan fingerprint density at radius 3 is 2.19 bits per heavy atom. The number of aromatic nitrogens is 2. The summed E-state index contributed by atoms with van der Waals surface area (Å²) in [6.45, 7) is 7.39. The molecule has 2 aromatic carbocycles. The average Bonchev–Trinajstić information content (AvgIpc) is 3.37. The molecule has 0 spiro atoms. The lowest BCUT2D eigenvalue weighted by molar-refractivity contribution is 0.0142. The van der Waals surface area contributed by atoms with E-state index in [4.69, 9.17) is 32.4 Å². The standard InChI is InChI=1S/C28H29Cl2IN2O2Si/c1-28(2,3)36(21-10-6-4-7-11-21,22-12-8-5-9-13-22)34-18-20-16-23(31)26(35-20)25-27(30)32-24-15-14-19(29)17-33(24)25/h4-15,17,20,23,26H,16,18H2,1-3H3/t20-,23+,26+/m0/s1. The van der Waals surface area contributed by atoms with E-state index >= 15 is 0 Å². The number of halogens is 3. The summed E-state index contributed by atoms with van der Waals surface area (Å²) in [4.78, 5) is 4.52. The van der Waals surface area contributed by atoms with Crippen molar-refractivity contribution in [2.75, 3.05) is 6.61 Å². The molecule has 2 aromatic heterocycles. The SMILES string of the molecule is CC(C)(C)[Si](OC[C@@H]1C[C@@H](I)[C@H](c2c(Cl)nc3ccc(Cl)cn23)O1)(c1ccccc1)c1ccccc1. The molecule has 0 N–H and O–H groups in total. The lowest BCUT2D eigenvalue weighted by Crippen LogP contribution is -2.67. The summed E-state index contributed by atoms with van der Waals surface area (Å²) >= 11 is 15.3. The molecular weight excluding hydrogens is 622 g/mol. The van der Waals surface area contributed by atoms with Crippen molar-refractivity contribution >= 4 is 70.1 Å². The lowest BCUT2D eigenvalue weighted by Gasteiger charge is -2.43. The minimum atomic E-state index is -2.63. The summed E-state index contributed by atoms with van der Waals surface area (Å²) in [6.07, 6.45) is 2.47. The van der Waals surface area contributed by atoms with Crippen molar-refractivity contribution in [3.05, 3.63) is 94.9 Å². The van der Waals surface area contributed by atoms with Crippen molar-refractivity contribution in [3.63, 3.8) is 0 Å². The van der Waals surface area contributed by atoms with Crippen LogP contribution in [0.5, 0.6) is 0 Å². The summed E-state index contributed by atoms with van der Waals surface area (Å²) < 4.78 is 15.9. The first kappa shape index (κ1) is 26.2. The molecule has 5 rings (SSSR count). The molecular formula is C28H29Cl2IN2O2Si. The van der Waals surface area contributed by atoms with Crippen LogP contribution in [0.25, 0.3) is 5.65 Å². The maximum absolute atomic E-state index is 7.14. The highest BCUT2D eigenvalue weighted by molar-refractivity contribution is 14.1. The van der Waals surface area contributed by atoms with Gasteiger partial charge in [-0.05, 0) is 34.0 Å². The van der Waals surface area contributed by atoms with Gasteiger partial charge in [-0.15, -0.1) is 0 Å². The first-order valence-electron chi connectivity index (χ1n) is 12.1. The lowest BCUT2D eigenvalue weighted by atomic mass is 10.1. The zero-order valence-electron chi connectivity index (χ0n) is 20.5. The van der Waals surface area contributed by atoms with Gasteiger partial charge in [-0.1, -0.05) is 127 Å². The van der Waals surface area contributed by atoms with Gasteiger partial charge < -0.3 is 9.16 Å². The molecule has 1 aliphatic heterocycles. The Morgan fingerprint density at radius 1 is 1.00 bits per heavy atom. The van der Waals surface area contributed by atoms with E-state index in [2.05, 4.69) is 109 Å². The number of fused-ring (bicyclic) bond motifs is 1. The third-order valence-corrected chi connectivity index (χ3v) is 13.6. The predicted octanol–water partition coefficient (Wildman–Crippen LogP) is 6.85. The molecule has 0 bridgehead atoms. The van der Waals surface area contributed by atoms with Crippen LogP contribution in [0.4, 0.5) is 0 Å². The van der Waals surface area contributed by atoms with Crippen LogP contribution in [0.3, 0.4) is 0 Å². The Hall–Kier alpha value is -1.42. The molecule has 0 saturated carbocycles. The fraction of sp³-hybridized carbons (Fsp3) is 0.321. The van der Waals surface area contributed by atoms with Crippen LogP contribution in [-0.2, 0) is 9.16 Å². The number of imidazole rings is 1. The van der Waals surface area contributed by atoms with Gasteiger partial charge in [0.05, 0.1) is 23.4 Å². The molecule has 188 valence electrons. The zero-order valence-corrected chi connectivity index (χ0v) is 25.2. The third kappa shape index (κ3) is 4.76. The number of ether oxygens (including phenoxy) is 1. The van der Waals surface area contributed by atoms with E-state index in [0.717, 1.165) is 17.8 Å². The van der Waals surface area contributed by atoms with Gasteiger partial charge in [-0.3, -0.25) is 4.40 Å². The van der Waals surface area contributed by atoms with Crippen molar-refractivity contribution in [3.8, 4) is 0 Å². The highest BCUT2D eigenvalue weighted by Gasteiger charge is 2.51. The maximum Gasteiger partial charge on any atom is 0.261 e. The summed E-state index contributed by atoms with van der Waals surface area (Å²) in [5.41, 5.74) is 1.61. The van der Waals surface area contributed by atoms with Gasteiger partial charge in [-0.2, -0.15) is 0 Å². The van der Waals surface area contributed by atoms with E-state index in [1.54, 1.807) is 0 Å². The second-order valence-electron chi connectivity index (χ2n) is 10.3. The van der Waals surface area contributed by atoms with Gasteiger partial charge in [0.15, 0.2) is 5.15 Å². The van der Waals surface area contributed by atoms with Gasteiger partial charge in [0.2, 0.25) is 0 Å². The molecule has 1 fully saturated rings. The Balaban J connectivity index is 1.46. The average molecular weight is 651 g/mol. The quantitative estimate of drug-likeness (QED) is 0.130. The summed E-state index contributed by atoms with van der Waals surface area (Å²) in [5.74, 6) is 0. The van der Waals surface area contributed by atoms with E-state index in [0.29, 0.717) is 16.8 Å². The van der Waals surface area contributed by atoms with Crippen molar-refractivity contribution in [1.82, 2.24) is 9.38 Å². The molecule has 0 amide bonds. The monoisotopic (exact) mass is 650 g/mol. The Kier molecular flexibility index (Phi) is 7.56. The van der Waals surface area contributed by atoms with Crippen molar-refractivity contribution in [2.24, 2.45) is 0 Å². The van der Waals surface area contributed by atoms with Gasteiger partial charge in [0, 0.05) is 10.1 Å². The van der Waals surface area contributed by atoms with Gasteiger partial charge in [-0.25, -0.2) is 4.98 Å². The van der Waals surface area contributed by atoms with Crippen LogP contribution in [-0.4, -0.2) is 34.3 Å². The minimum absolute atomic E-state index is 0.0562. The maximum atomic E-state index is 7.14. The van der Waals surface area contributed by atoms with Crippen molar-refractivity contribution < 1.29 is 9.16 Å². The molecule has 36 heavy (non-hydrogen) atoms. The molecule has 1 saturated heterocycles.